The Morgan fingerprint density at radius 3 is 2.35 bits per heavy atom. The van der Waals surface area contributed by atoms with E-state index in [1.165, 1.54) is 5.56 Å². The van der Waals surface area contributed by atoms with E-state index in [4.69, 9.17) is 4.74 Å². The lowest BCUT2D eigenvalue weighted by Gasteiger charge is -2.43. The molecular formula is C33H46N4O3. The summed E-state index contributed by atoms with van der Waals surface area (Å²) in [6, 6.07) is 18.7. The maximum Gasteiger partial charge on any atom is 0.247 e. The molecule has 2 aromatic carbocycles. The second-order valence-corrected chi connectivity index (χ2v) is 11.7. The second-order valence-electron chi connectivity index (χ2n) is 11.7. The van der Waals surface area contributed by atoms with Crippen molar-refractivity contribution in [3.63, 3.8) is 0 Å². The average Bonchev–Trinajstić information content (AvgIpc) is 3.31. The quantitative estimate of drug-likeness (QED) is 0.468. The van der Waals surface area contributed by atoms with Gasteiger partial charge in [-0.05, 0) is 88.5 Å². The van der Waals surface area contributed by atoms with Gasteiger partial charge in [0.1, 0.15) is 17.9 Å². The Morgan fingerprint density at radius 2 is 1.65 bits per heavy atom. The van der Waals surface area contributed by atoms with E-state index in [2.05, 4.69) is 65.4 Å². The van der Waals surface area contributed by atoms with Crippen LogP contribution in [0.2, 0.25) is 0 Å². The first-order chi connectivity index (χ1) is 19.5. The Kier molecular flexibility index (Phi) is 9.30. The van der Waals surface area contributed by atoms with Gasteiger partial charge in [-0.3, -0.25) is 14.5 Å². The molecule has 3 fully saturated rings. The Labute approximate surface area is 239 Å². The van der Waals surface area contributed by atoms with Crippen LogP contribution in [0, 0.1) is 11.8 Å². The van der Waals surface area contributed by atoms with Crippen LogP contribution >= 0.6 is 0 Å². The van der Waals surface area contributed by atoms with E-state index < -0.39 is 5.54 Å². The second kappa shape index (κ2) is 13.1. The van der Waals surface area contributed by atoms with Gasteiger partial charge < -0.3 is 19.9 Å². The summed E-state index contributed by atoms with van der Waals surface area (Å²) in [6.45, 7) is 9.60. The summed E-state index contributed by atoms with van der Waals surface area (Å²) in [6.07, 6.45) is 6.87. The average molecular weight is 547 g/mol. The molecule has 2 heterocycles. The number of piperidine rings is 1. The monoisotopic (exact) mass is 546 g/mol. The predicted octanol–water partition coefficient (Wildman–Crippen LogP) is 4.71. The highest BCUT2D eigenvalue weighted by molar-refractivity contribution is 5.93. The van der Waals surface area contributed by atoms with Gasteiger partial charge in [0.05, 0.1) is 6.67 Å². The van der Waals surface area contributed by atoms with Crippen LogP contribution in [0.5, 0.6) is 5.75 Å². The summed E-state index contributed by atoms with van der Waals surface area (Å²) < 4.78 is 6.34. The SMILES string of the molecule is CCN(CC)C(=O)[C@H]1CC[C@@H](Cc2ccccc2OCCN2CCC3(CC2)C(=O)NCN3c2ccccc2)CC1. The molecule has 7 heteroatoms. The van der Waals surface area contributed by atoms with Crippen LogP contribution < -0.4 is 15.0 Å². The molecule has 1 aliphatic carbocycles. The number of para-hydroxylation sites is 2. The first kappa shape index (κ1) is 28.5. The largest absolute Gasteiger partial charge is 0.492 e. The summed E-state index contributed by atoms with van der Waals surface area (Å²) in [5, 5.41) is 3.09. The van der Waals surface area contributed by atoms with E-state index in [1.807, 2.05) is 23.1 Å². The molecule has 5 rings (SSSR count). The van der Waals surface area contributed by atoms with Gasteiger partial charge in [0.2, 0.25) is 11.8 Å². The Balaban J connectivity index is 1.09. The van der Waals surface area contributed by atoms with E-state index in [0.29, 0.717) is 25.1 Å². The third kappa shape index (κ3) is 6.14. The number of anilines is 1. The molecule has 0 bridgehead atoms. The van der Waals surface area contributed by atoms with E-state index in [0.717, 1.165) is 89.1 Å². The molecule has 1 N–H and O–H groups in total. The highest BCUT2D eigenvalue weighted by atomic mass is 16.5. The number of amides is 2. The minimum atomic E-state index is -0.444. The number of benzene rings is 2. The maximum absolute atomic E-state index is 12.9. The molecule has 0 atom stereocenters. The van der Waals surface area contributed by atoms with Crippen LogP contribution in [0.4, 0.5) is 5.69 Å². The summed E-state index contributed by atoms with van der Waals surface area (Å²) in [4.78, 5) is 32.4. The fraction of sp³-hybridized carbons (Fsp3) is 0.576. The van der Waals surface area contributed by atoms with Gasteiger partial charge in [0, 0.05) is 44.3 Å². The standard InChI is InChI=1S/C33H46N4O3/c1-3-36(4-2)31(38)27-16-14-26(15-17-27)24-28-10-8-9-13-30(28)40-23-22-35-20-18-33(19-21-35)32(39)34-25-37(33)29-11-6-5-7-12-29/h5-13,26-27H,3-4,14-25H2,1-2H3,(H,34,39)/t26-,27+. The smallest absolute Gasteiger partial charge is 0.247 e. The highest BCUT2D eigenvalue weighted by Crippen LogP contribution is 2.37. The van der Waals surface area contributed by atoms with Crippen molar-refractivity contribution in [2.75, 3.05) is 50.9 Å². The van der Waals surface area contributed by atoms with Crippen LogP contribution in [0.1, 0.15) is 57.9 Å². The molecule has 0 unspecified atom stereocenters. The van der Waals surface area contributed by atoms with Gasteiger partial charge >= 0.3 is 0 Å². The number of ether oxygens (including phenoxy) is 1. The Morgan fingerprint density at radius 1 is 0.975 bits per heavy atom. The van der Waals surface area contributed by atoms with Crippen molar-refractivity contribution in [2.45, 2.75) is 64.3 Å². The van der Waals surface area contributed by atoms with Gasteiger partial charge in [0.15, 0.2) is 0 Å². The lowest BCUT2D eigenvalue weighted by atomic mass is 9.78. The number of hydrogen-bond acceptors (Lipinski definition) is 5. The minimum Gasteiger partial charge on any atom is -0.492 e. The van der Waals surface area contributed by atoms with Crippen LogP contribution in [-0.2, 0) is 16.0 Å². The van der Waals surface area contributed by atoms with E-state index in [1.54, 1.807) is 0 Å². The third-order valence-electron chi connectivity index (χ3n) is 9.51. The molecule has 2 aromatic rings. The maximum atomic E-state index is 12.9. The fourth-order valence-electron chi connectivity index (χ4n) is 7.00. The number of nitrogens with one attached hydrogen (secondary N) is 1. The fourth-order valence-corrected chi connectivity index (χ4v) is 7.00. The van der Waals surface area contributed by atoms with E-state index >= 15 is 0 Å². The lowest BCUT2D eigenvalue weighted by molar-refractivity contribution is -0.136. The van der Waals surface area contributed by atoms with Crippen LogP contribution in [0.25, 0.3) is 0 Å². The number of nitrogens with zero attached hydrogens (tertiary/aromatic N) is 3. The summed E-state index contributed by atoms with van der Waals surface area (Å²) >= 11 is 0. The number of carbonyl (C=O) groups excluding carboxylic acids is 2. The molecule has 1 saturated carbocycles. The molecule has 3 aliphatic rings. The highest BCUT2D eigenvalue weighted by Gasteiger charge is 2.50. The normalized spacial score (nSPS) is 22.8. The molecule has 7 nitrogen and oxygen atoms in total. The first-order valence-corrected chi connectivity index (χ1v) is 15.4. The molecule has 1 spiro atoms. The number of carbonyl (C=O) groups is 2. The van der Waals surface area contributed by atoms with Crippen LogP contribution in [-0.4, -0.2) is 73.2 Å². The minimum absolute atomic E-state index is 0.160. The summed E-state index contributed by atoms with van der Waals surface area (Å²) in [5.41, 5.74) is 1.94. The van der Waals surface area contributed by atoms with Crippen molar-refractivity contribution in [1.82, 2.24) is 15.1 Å². The van der Waals surface area contributed by atoms with Crippen molar-refractivity contribution >= 4 is 17.5 Å². The van der Waals surface area contributed by atoms with Gasteiger partial charge in [0.25, 0.3) is 0 Å². The van der Waals surface area contributed by atoms with Crippen molar-refractivity contribution in [3.05, 3.63) is 60.2 Å². The number of hydrogen-bond donors (Lipinski definition) is 1. The molecule has 0 aromatic heterocycles. The third-order valence-corrected chi connectivity index (χ3v) is 9.51. The molecule has 40 heavy (non-hydrogen) atoms. The van der Waals surface area contributed by atoms with Crippen molar-refractivity contribution in [3.8, 4) is 5.75 Å². The Hall–Kier alpha value is -3.06. The molecule has 0 radical (unpaired) electrons. The molecular weight excluding hydrogens is 500 g/mol. The number of likely N-dealkylation sites (tertiary alicyclic amines) is 1. The molecule has 2 aliphatic heterocycles. The van der Waals surface area contributed by atoms with Gasteiger partial charge in [-0.2, -0.15) is 0 Å². The molecule has 2 amide bonds. The molecule has 2 saturated heterocycles. The van der Waals surface area contributed by atoms with Crippen molar-refractivity contribution in [2.24, 2.45) is 11.8 Å². The van der Waals surface area contributed by atoms with E-state index in [-0.39, 0.29) is 11.8 Å². The van der Waals surface area contributed by atoms with Crippen molar-refractivity contribution in [1.29, 1.82) is 0 Å². The van der Waals surface area contributed by atoms with Gasteiger partial charge in [-0.15, -0.1) is 0 Å². The predicted molar refractivity (Wildman–Crippen MR) is 159 cm³/mol. The van der Waals surface area contributed by atoms with Gasteiger partial charge in [-0.25, -0.2) is 0 Å². The first-order valence-electron chi connectivity index (χ1n) is 15.4. The van der Waals surface area contributed by atoms with Gasteiger partial charge in [-0.1, -0.05) is 36.4 Å². The summed E-state index contributed by atoms with van der Waals surface area (Å²) in [7, 11) is 0. The van der Waals surface area contributed by atoms with E-state index in [9.17, 15) is 9.59 Å². The Bertz CT molecular complexity index is 1120. The topological polar surface area (TPSA) is 65.1 Å². The van der Waals surface area contributed by atoms with Crippen molar-refractivity contribution < 1.29 is 14.3 Å². The zero-order valence-electron chi connectivity index (χ0n) is 24.3. The summed E-state index contributed by atoms with van der Waals surface area (Å²) in [5.74, 6) is 2.29. The molecule has 216 valence electrons. The number of rotatable bonds is 10. The zero-order chi connectivity index (χ0) is 28.0. The zero-order valence-corrected chi connectivity index (χ0v) is 24.3. The van der Waals surface area contributed by atoms with Crippen LogP contribution in [0.3, 0.4) is 0 Å². The lowest BCUT2D eigenvalue weighted by Crippen LogP contribution is -2.56. The van der Waals surface area contributed by atoms with Crippen LogP contribution in [0.15, 0.2) is 54.6 Å².